The molecular formula is C19H25Cl4NO3. The number of allylic oxidation sites excluding steroid dienone is 1. The van der Waals surface area contributed by atoms with E-state index in [1.807, 2.05) is 26.8 Å². The number of ether oxygens (including phenoxy) is 2. The van der Waals surface area contributed by atoms with Gasteiger partial charge in [-0.15, -0.1) is 0 Å². The molecule has 0 spiro atoms. The molecule has 152 valence electrons. The number of benzene rings is 1. The minimum absolute atomic E-state index is 0.138. The zero-order valence-corrected chi connectivity index (χ0v) is 18.7. The number of rotatable bonds is 11. The zero-order valence-electron chi connectivity index (χ0n) is 15.7. The molecule has 0 aliphatic heterocycles. The Labute approximate surface area is 181 Å². The van der Waals surface area contributed by atoms with Crippen molar-refractivity contribution in [3.05, 3.63) is 45.0 Å². The summed E-state index contributed by atoms with van der Waals surface area (Å²) < 4.78 is 11.3. The van der Waals surface area contributed by atoms with Gasteiger partial charge in [-0.25, -0.2) is 0 Å². The van der Waals surface area contributed by atoms with Gasteiger partial charge in [0, 0.05) is 18.3 Å². The highest BCUT2D eigenvalue weighted by molar-refractivity contribution is 6.55. The lowest BCUT2D eigenvalue weighted by molar-refractivity contribution is -0.0522. The first-order chi connectivity index (χ1) is 12.7. The summed E-state index contributed by atoms with van der Waals surface area (Å²) >= 11 is 23.5. The fraction of sp³-hybridized carbons (Fsp3) is 0.474. The smallest absolute Gasteiger partial charge is 0.156 e. The molecule has 0 aliphatic rings. The molecule has 0 heterocycles. The molecule has 0 amide bonds. The number of hydroxylamine groups is 1. The van der Waals surface area contributed by atoms with Crippen LogP contribution in [0.15, 0.2) is 35.0 Å². The van der Waals surface area contributed by atoms with Gasteiger partial charge in [0.1, 0.15) is 16.8 Å². The van der Waals surface area contributed by atoms with Gasteiger partial charge in [0.15, 0.2) is 5.75 Å². The average Bonchev–Trinajstić information content (AvgIpc) is 2.54. The number of nitrogens with one attached hydrogen (secondary N) is 1. The van der Waals surface area contributed by atoms with Crippen LogP contribution in [0, 0.1) is 0 Å². The zero-order chi connectivity index (χ0) is 20.3. The Balaban J connectivity index is 2.32. The minimum atomic E-state index is -0.217. The lowest BCUT2D eigenvalue weighted by atomic mass is 10.2. The van der Waals surface area contributed by atoms with Gasteiger partial charge in [0.25, 0.3) is 0 Å². The molecule has 0 atom stereocenters. The molecule has 8 heteroatoms. The number of hydrogen-bond acceptors (Lipinski definition) is 4. The van der Waals surface area contributed by atoms with Crippen molar-refractivity contribution in [2.75, 3.05) is 13.2 Å². The maximum atomic E-state index is 6.22. The lowest BCUT2D eigenvalue weighted by Gasteiger charge is -2.17. The Bertz CT molecular complexity index is 615. The van der Waals surface area contributed by atoms with Crippen LogP contribution in [0.2, 0.25) is 10.0 Å². The van der Waals surface area contributed by atoms with E-state index in [-0.39, 0.29) is 16.7 Å². The molecule has 0 radical (unpaired) electrons. The van der Waals surface area contributed by atoms with Crippen LogP contribution >= 0.6 is 46.4 Å². The third-order valence-electron chi connectivity index (χ3n) is 3.02. The highest BCUT2D eigenvalue weighted by Gasteiger charge is 2.11. The van der Waals surface area contributed by atoms with Gasteiger partial charge in [-0.1, -0.05) is 52.5 Å². The predicted molar refractivity (Wildman–Crippen MR) is 114 cm³/mol. The van der Waals surface area contributed by atoms with E-state index in [9.17, 15) is 0 Å². The summed E-state index contributed by atoms with van der Waals surface area (Å²) in [6.45, 7) is 6.67. The molecule has 0 aromatic heterocycles. The van der Waals surface area contributed by atoms with Gasteiger partial charge in [-0.05, 0) is 46.1 Å². The number of hydrogen-bond donors (Lipinski definition) is 1. The topological polar surface area (TPSA) is 39.7 Å². The van der Waals surface area contributed by atoms with E-state index < -0.39 is 0 Å². The second kappa shape index (κ2) is 12.6. The fourth-order valence-electron chi connectivity index (χ4n) is 1.84. The monoisotopic (exact) mass is 455 g/mol. The van der Waals surface area contributed by atoms with E-state index in [2.05, 4.69) is 5.48 Å². The van der Waals surface area contributed by atoms with Gasteiger partial charge >= 0.3 is 0 Å². The van der Waals surface area contributed by atoms with Crippen LogP contribution in [-0.2, 0) is 4.84 Å². The van der Waals surface area contributed by atoms with Gasteiger partial charge in [0.2, 0.25) is 0 Å². The molecular weight excluding hydrogens is 432 g/mol. The first kappa shape index (κ1) is 24.3. The van der Waals surface area contributed by atoms with E-state index in [0.717, 1.165) is 19.3 Å². The normalized spacial score (nSPS) is 11.5. The highest BCUT2D eigenvalue weighted by atomic mass is 35.5. The Morgan fingerprint density at radius 1 is 1.07 bits per heavy atom. The average molecular weight is 457 g/mol. The number of halogens is 4. The van der Waals surface area contributed by atoms with Crippen molar-refractivity contribution in [3.63, 3.8) is 0 Å². The van der Waals surface area contributed by atoms with Crippen LogP contribution in [-0.4, -0.2) is 18.8 Å². The third kappa shape index (κ3) is 11.6. The molecule has 0 fully saturated rings. The highest BCUT2D eigenvalue weighted by Crippen LogP contribution is 2.37. The Morgan fingerprint density at radius 3 is 2.33 bits per heavy atom. The molecule has 0 aliphatic carbocycles. The van der Waals surface area contributed by atoms with Crippen molar-refractivity contribution in [3.8, 4) is 11.5 Å². The van der Waals surface area contributed by atoms with Crippen LogP contribution in [0.25, 0.3) is 0 Å². The molecule has 27 heavy (non-hydrogen) atoms. The fourth-order valence-corrected chi connectivity index (χ4v) is 2.54. The summed E-state index contributed by atoms with van der Waals surface area (Å²) in [5, 5.41) is 0.781. The van der Waals surface area contributed by atoms with Gasteiger partial charge in [0.05, 0.1) is 22.3 Å². The molecule has 1 aromatic carbocycles. The van der Waals surface area contributed by atoms with E-state index in [1.54, 1.807) is 18.3 Å². The maximum Gasteiger partial charge on any atom is 0.156 e. The van der Waals surface area contributed by atoms with Crippen molar-refractivity contribution in [2.45, 2.75) is 45.6 Å². The van der Waals surface area contributed by atoms with Gasteiger partial charge in [-0.3, -0.25) is 10.3 Å². The molecule has 1 rings (SSSR count). The summed E-state index contributed by atoms with van der Waals surface area (Å²) in [4.78, 5) is 5.37. The van der Waals surface area contributed by atoms with E-state index in [4.69, 9.17) is 60.7 Å². The van der Waals surface area contributed by atoms with Crippen molar-refractivity contribution >= 4 is 46.4 Å². The summed E-state index contributed by atoms with van der Waals surface area (Å²) in [6.07, 6.45) is 8.08. The minimum Gasteiger partial charge on any atom is -0.490 e. The summed E-state index contributed by atoms with van der Waals surface area (Å²) in [7, 11) is 0. The standard InChI is InChI=1S/C19H25Cl4NO3/c1-19(2,3)27-24-9-6-4-5-7-10-26-18-15(20)12-14(13-16(18)21)25-11-8-17(22)23/h6,8-9,12-13,24H,4-5,7,10-11H2,1-3H3. The summed E-state index contributed by atoms with van der Waals surface area (Å²) in [5.74, 6) is 0.964. The first-order valence-electron chi connectivity index (χ1n) is 8.53. The SMILES string of the molecule is CC(C)(C)ONC=CCCCCOc1c(Cl)cc(OCC=C(Cl)Cl)cc1Cl. The van der Waals surface area contributed by atoms with Crippen LogP contribution in [0.1, 0.15) is 40.0 Å². The summed E-state index contributed by atoms with van der Waals surface area (Å²) in [6, 6.07) is 3.28. The molecule has 0 unspecified atom stereocenters. The Kier molecular flexibility index (Phi) is 11.4. The lowest BCUT2D eigenvalue weighted by Crippen LogP contribution is -2.25. The molecule has 0 bridgehead atoms. The van der Waals surface area contributed by atoms with Crippen LogP contribution in [0.3, 0.4) is 0 Å². The van der Waals surface area contributed by atoms with Crippen molar-refractivity contribution in [1.82, 2.24) is 5.48 Å². The first-order valence-corrected chi connectivity index (χ1v) is 10.0. The van der Waals surface area contributed by atoms with Crippen LogP contribution < -0.4 is 15.0 Å². The van der Waals surface area contributed by atoms with Gasteiger partial charge in [-0.2, -0.15) is 0 Å². The molecule has 1 N–H and O–H groups in total. The van der Waals surface area contributed by atoms with Crippen molar-refractivity contribution in [1.29, 1.82) is 0 Å². The summed E-state index contributed by atoms with van der Waals surface area (Å²) in [5.41, 5.74) is 2.59. The quantitative estimate of drug-likeness (QED) is 0.285. The molecule has 0 saturated carbocycles. The second-order valence-corrected chi connectivity index (χ2v) is 8.42. The Morgan fingerprint density at radius 2 is 1.74 bits per heavy atom. The van der Waals surface area contributed by atoms with E-state index >= 15 is 0 Å². The van der Waals surface area contributed by atoms with Crippen LogP contribution in [0.5, 0.6) is 11.5 Å². The Hall–Kier alpha value is -0.780. The maximum absolute atomic E-state index is 6.22. The second-order valence-electron chi connectivity index (χ2n) is 6.60. The van der Waals surface area contributed by atoms with Crippen LogP contribution in [0.4, 0.5) is 0 Å². The van der Waals surface area contributed by atoms with Crippen molar-refractivity contribution in [2.24, 2.45) is 0 Å². The predicted octanol–water partition coefficient (Wildman–Crippen LogP) is 7.07. The number of unbranched alkanes of at least 4 members (excludes halogenated alkanes) is 2. The van der Waals surface area contributed by atoms with Crippen molar-refractivity contribution < 1.29 is 14.3 Å². The van der Waals surface area contributed by atoms with Gasteiger partial charge < -0.3 is 9.47 Å². The largest absolute Gasteiger partial charge is 0.490 e. The van der Waals surface area contributed by atoms with E-state index in [0.29, 0.717) is 28.2 Å². The third-order valence-corrected chi connectivity index (χ3v) is 3.89. The molecule has 0 saturated heterocycles. The molecule has 4 nitrogen and oxygen atoms in total. The van der Waals surface area contributed by atoms with E-state index in [1.165, 1.54) is 6.08 Å². The molecule has 1 aromatic rings.